The van der Waals surface area contributed by atoms with Crippen LogP contribution in [0.4, 0.5) is 0 Å². The molecule has 0 amide bonds. The summed E-state index contributed by atoms with van der Waals surface area (Å²) in [6.07, 6.45) is 1.70. The molecule has 42 heavy (non-hydrogen) atoms. The fraction of sp³-hybridized carbons (Fsp3) is 0.182. The molecule has 6 rings (SSSR count). The van der Waals surface area contributed by atoms with E-state index in [1.807, 2.05) is 73.7 Å². The highest BCUT2D eigenvalue weighted by atomic mass is 35.5. The Hall–Kier alpha value is -4.40. The van der Waals surface area contributed by atoms with E-state index in [2.05, 4.69) is 0 Å². The van der Waals surface area contributed by atoms with Gasteiger partial charge in [0.1, 0.15) is 23.3 Å². The number of furan rings is 1. The van der Waals surface area contributed by atoms with Crippen molar-refractivity contribution in [1.82, 2.24) is 4.57 Å². The summed E-state index contributed by atoms with van der Waals surface area (Å²) in [5, 5.41) is 2.42. The fourth-order valence-electron chi connectivity index (χ4n) is 5.36. The SMILES string of the molecule is CCOC(=O)C1=C(C)N=c2s/c(=C\c3ccc(-c4cc(Cl)ccc4C)o3)c(=O)n2[C@H]1c1c(OC)ccc2ccccc12. The van der Waals surface area contributed by atoms with Crippen LogP contribution in [0.1, 0.15) is 36.8 Å². The molecule has 1 aliphatic rings. The maximum atomic E-state index is 14.2. The van der Waals surface area contributed by atoms with E-state index in [0.29, 0.717) is 48.5 Å². The van der Waals surface area contributed by atoms with Gasteiger partial charge in [-0.2, -0.15) is 0 Å². The molecular formula is C33H27ClN2O5S. The number of halogens is 1. The van der Waals surface area contributed by atoms with Crippen LogP contribution < -0.4 is 19.6 Å². The number of allylic oxidation sites excluding steroid dienone is 1. The van der Waals surface area contributed by atoms with Crippen LogP contribution in [0.15, 0.2) is 92.2 Å². The average Bonchev–Trinajstić information content (AvgIpc) is 3.57. The van der Waals surface area contributed by atoms with Crippen LogP contribution in [0, 0.1) is 6.92 Å². The summed E-state index contributed by atoms with van der Waals surface area (Å²) in [4.78, 5) is 32.7. The first-order valence-corrected chi connectivity index (χ1v) is 14.6. The number of esters is 1. The number of methoxy groups -OCH3 is 1. The monoisotopic (exact) mass is 598 g/mol. The maximum Gasteiger partial charge on any atom is 0.338 e. The van der Waals surface area contributed by atoms with E-state index in [1.54, 1.807) is 31.6 Å². The highest BCUT2D eigenvalue weighted by Crippen LogP contribution is 2.40. The van der Waals surface area contributed by atoms with Gasteiger partial charge in [-0.1, -0.05) is 59.3 Å². The molecule has 1 aliphatic heterocycles. The second kappa shape index (κ2) is 11.1. The molecule has 0 aliphatic carbocycles. The van der Waals surface area contributed by atoms with Gasteiger partial charge in [0.05, 0.1) is 29.5 Å². The molecule has 0 saturated carbocycles. The van der Waals surface area contributed by atoms with E-state index >= 15 is 0 Å². The molecule has 7 nitrogen and oxygen atoms in total. The van der Waals surface area contributed by atoms with Crippen LogP contribution in [0.5, 0.6) is 5.75 Å². The number of aryl methyl sites for hydroxylation is 1. The van der Waals surface area contributed by atoms with Gasteiger partial charge in [0.2, 0.25) is 0 Å². The van der Waals surface area contributed by atoms with Crippen molar-refractivity contribution in [3.05, 3.63) is 120 Å². The average molecular weight is 599 g/mol. The zero-order valence-corrected chi connectivity index (χ0v) is 25.0. The molecule has 0 spiro atoms. The van der Waals surface area contributed by atoms with E-state index < -0.39 is 12.0 Å². The molecule has 9 heteroatoms. The summed E-state index contributed by atoms with van der Waals surface area (Å²) >= 11 is 7.46. The molecule has 212 valence electrons. The minimum absolute atomic E-state index is 0.187. The molecule has 0 radical (unpaired) electrons. The largest absolute Gasteiger partial charge is 0.496 e. The Balaban J connectivity index is 1.57. The predicted octanol–water partition coefficient (Wildman–Crippen LogP) is 6.18. The predicted molar refractivity (Wildman–Crippen MR) is 165 cm³/mol. The number of hydrogen-bond donors (Lipinski definition) is 0. The number of carbonyl (C=O) groups excluding carboxylic acids is 1. The lowest BCUT2D eigenvalue weighted by Crippen LogP contribution is -2.40. The van der Waals surface area contributed by atoms with Gasteiger partial charge in [0, 0.05) is 22.2 Å². The molecule has 2 aromatic heterocycles. The molecule has 5 aromatic rings. The van der Waals surface area contributed by atoms with Crippen molar-refractivity contribution in [2.75, 3.05) is 13.7 Å². The first kappa shape index (κ1) is 27.8. The van der Waals surface area contributed by atoms with Crippen LogP contribution in [0.25, 0.3) is 28.2 Å². The number of thiazole rings is 1. The van der Waals surface area contributed by atoms with E-state index in [9.17, 15) is 9.59 Å². The summed E-state index contributed by atoms with van der Waals surface area (Å²) in [6.45, 7) is 5.68. The van der Waals surface area contributed by atoms with Crippen LogP contribution in [-0.2, 0) is 9.53 Å². The summed E-state index contributed by atoms with van der Waals surface area (Å²) in [7, 11) is 1.58. The topological polar surface area (TPSA) is 83.0 Å². The van der Waals surface area contributed by atoms with Gasteiger partial charge in [-0.05, 0) is 67.4 Å². The number of rotatable bonds is 6. The van der Waals surface area contributed by atoms with E-state index in [4.69, 9.17) is 30.5 Å². The third-order valence-corrected chi connectivity index (χ3v) is 8.52. The Kier molecular flexibility index (Phi) is 7.35. The fourth-order valence-corrected chi connectivity index (χ4v) is 6.56. The Morgan fingerprint density at radius 1 is 1.12 bits per heavy atom. The molecule has 0 fully saturated rings. The molecule has 1 atom stereocenters. The van der Waals surface area contributed by atoms with Crippen molar-refractivity contribution in [2.24, 2.45) is 4.99 Å². The number of hydrogen-bond acceptors (Lipinski definition) is 7. The third kappa shape index (κ3) is 4.76. The number of fused-ring (bicyclic) bond motifs is 2. The van der Waals surface area contributed by atoms with E-state index in [0.717, 1.165) is 21.9 Å². The highest BCUT2D eigenvalue weighted by molar-refractivity contribution is 7.07. The Bertz CT molecular complexity index is 2090. The number of ether oxygens (including phenoxy) is 2. The van der Waals surface area contributed by atoms with Crippen molar-refractivity contribution in [3.63, 3.8) is 0 Å². The first-order valence-electron chi connectivity index (χ1n) is 13.4. The van der Waals surface area contributed by atoms with Crippen LogP contribution >= 0.6 is 22.9 Å². The quantitative estimate of drug-likeness (QED) is 0.218. The summed E-state index contributed by atoms with van der Waals surface area (Å²) in [6, 6.07) is 20.1. The smallest absolute Gasteiger partial charge is 0.338 e. The van der Waals surface area contributed by atoms with Crippen molar-refractivity contribution >= 4 is 45.8 Å². The number of nitrogens with zero attached hydrogens (tertiary/aromatic N) is 2. The molecule has 3 heterocycles. The number of carbonyl (C=O) groups is 1. The first-order chi connectivity index (χ1) is 20.3. The van der Waals surface area contributed by atoms with Crippen LogP contribution in [0.2, 0.25) is 5.02 Å². The Morgan fingerprint density at radius 2 is 1.93 bits per heavy atom. The minimum atomic E-state index is -0.815. The lowest BCUT2D eigenvalue weighted by atomic mass is 9.90. The van der Waals surface area contributed by atoms with Gasteiger partial charge < -0.3 is 13.9 Å². The van der Waals surface area contributed by atoms with Gasteiger partial charge in [-0.15, -0.1) is 0 Å². The second-order valence-corrected chi connectivity index (χ2v) is 11.3. The minimum Gasteiger partial charge on any atom is -0.496 e. The van der Waals surface area contributed by atoms with Crippen molar-refractivity contribution < 1.29 is 18.7 Å². The Labute approximate surface area is 250 Å². The van der Waals surface area contributed by atoms with Gasteiger partial charge in [-0.3, -0.25) is 9.36 Å². The molecule has 0 unspecified atom stereocenters. The molecule has 0 bridgehead atoms. The normalized spacial score (nSPS) is 15.1. The van der Waals surface area contributed by atoms with Gasteiger partial charge in [0.15, 0.2) is 4.80 Å². The van der Waals surface area contributed by atoms with Crippen molar-refractivity contribution in [3.8, 4) is 17.1 Å². The van der Waals surface area contributed by atoms with Crippen LogP contribution in [-0.4, -0.2) is 24.3 Å². The lowest BCUT2D eigenvalue weighted by molar-refractivity contribution is -0.139. The molecular weight excluding hydrogens is 572 g/mol. The third-order valence-electron chi connectivity index (χ3n) is 7.31. The van der Waals surface area contributed by atoms with Gasteiger partial charge in [-0.25, -0.2) is 9.79 Å². The number of benzene rings is 3. The van der Waals surface area contributed by atoms with Crippen LogP contribution in [0.3, 0.4) is 0 Å². The molecule has 0 N–H and O–H groups in total. The molecule has 3 aromatic carbocycles. The number of aromatic nitrogens is 1. The summed E-state index contributed by atoms with van der Waals surface area (Å²) < 4.78 is 19.4. The van der Waals surface area contributed by atoms with E-state index in [1.165, 1.54) is 11.3 Å². The maximum absolute atomic E-state index is 14.2. The van der Waals surface area contributed by atoms with Crippen molar-refractivity contribution in [1.29, 1.82) is 0 Å². The Morgan fingerprint density at radius 3 is 2.71 bits per heavy atom. The molecule has 0 saturated heterocycles. The zero-order chi connectivity index (χ0) is 29.5. The van der Waals surface area contributed by atoms with Gasteiger partial charge >= 0.3 is 5.97 Å². The summed E-state index contributed by atoms with van der Waals surface area (Å²) in [5.41, 5.74) is 3.06. The highest BCUT2D eigenvalue weighted by Gasteiger charge is 2.36. The summed E-state index contributed by atoms with van der Waals surface area (Å²) in [5.74, 6) is 1.18. The lowest BCUT2D eigenvalue weighted by Gasteiger charge is -2.27. The van der Waals surface area contributed by atoms with E-state index in [-0.39, 0.29) is 12.2 Å². The second-order valence-electron chi connectivity index (χ2n) is 9.87. The van der Waals surface area contributed by atoms with Crippen molar-refractivity contribution in [2.45, 2.75) is 26.8 Å². The van der Waals surface area contributed by atoms with Gasteiger partial charge in [0.25, 0.3) is 5.56 Å². The standard InChI is InChI=1S/C33H27ClN2O5S/c1-5-40-32(38)28-19(3)35-33-36(30(28)29-23-9-7-6-8-20(23)11-14-26(29)39-4)31(37)27(42-33)17-22-13-15-25(41-22)24-16-21(34)12-10-18(24)2/h6-17,30H,5H2,1-4H3/b27-17-/t30-/m1/s1. The zero-order valence-electron chi connectivity index (χ0n) is 23.4.